The van der Waals surface area contributed by atoms with Crippen molar-refractivity contribution in [2.45, 2.75) is 26.7 Å². The largest absolute Gasteiger partial charge is 0.481 e. The second-order valence-corrected chi connectivity index (χ2v) is 2.58. The van der Waals surface area contributed by atoms with Gasteiger partial charge in [-0.15, -0.1) is 0 Å². The molecule has 0 aromatic rings. The van der Waals surface area contributed by atoms with Crippen LogP contribution in [0.2, 0.25) is 0 Å². The number of esters is 1. The highest BCUT2D eigenvalue weighted by Crippen LogP contribution is 2.05. The van der Waals surface area contributed by atoms with Crippen LogP contribution in [0.5, 0.6) is 0 Å². The van der Waals surface area contributed by atoms with Crippen molar-refractivity contribution in [2.75, 3.05) is 6.61 Å². The summed E-state index contributed by atoms with van der Waals surface area (Å²) in [6.45, 7) is 3.64. The molecular formula is C8H26O4. The van der Waals surface area contributed by atoms with Gasteiger partial charge in [-0.2, -0.15) is 0 Å². The normalized spacial score (nSPS) is 12.2. The molecule has 4 heteroatoms. The summed E-state index contributed by atoms with van der Waals surface area (Å²) in [7, 11) is 0. The lowest BCUT2D eigenvalue weighted by atomic mass is 10.1. The van der Waals surface area contributed by atoms with E-state index in [1.807, 2.05) is 0 Å². The van der Waals surface area contributed by atoms with Crippen LogP contribution < -0.4 is 0 Å². The number of rotatable bonds is 5. The second kappa shape index (κ2) is 5.57. The first-order valence-corrected chi connectivity index (χ1v) is 3.96. The van der Waals surface area contributed by atoms with E-state index in [2.05, 4.69) is 4.74 Å². The Balaban J connectivity index is -0.0000000403. The molecule has 4 nitrogen and oxygen atoms in total. The molecule has 0 aromatic carbocycles. The van der Waals surface area contributed by atoms with Crippen molar-refractivity contribution in [2.24, 2.45) is 5.92 Å². The molecule has 0 amide bonds. The predicted octanol–water partition coefficient (Wildman–Crippen LogP) is 2.53. The van der Waals surface area contributed by atoms with Gasteiger partial charge in [-0.1, -0.05) is 6.92 Å². The summed E-state index contributed by atoms with van der Waals surface area (Å²) in [5.74, 6) is -1.68. The van der Waals surface area contributed by atoms with Gasteiger partial charge in [0, 0.05) is 15.0 Å². The Morgan fingerprint density at radius 2 is 2.17 bits per heavy atom. The van der Waals surface area contributed by atoms with Crippen LogP contribution in [-0.4, -0.2) is 23.7 Å². The minimum absolute atomic E-state index is 0. The molecular weight excluding hydrogens is 160 g/mol. The van der Waals surface area contributed by atoms with Gasteiger partial charge >= 0.3 is 11.9 Å². The van der Waals surface area contributed by atoms with Crippen molar-refractivity contribution < 1.29 is 28.0 Å². The summed E-state index contributed by atoms with van der Waals surface area (Å²) in [5, 5.41) is 8.47. The Kier molecular flexibility index (Phi) is 5.08. The molecule has 0 aliphatic heterocycles. The van der Waals surface area contributed by atoms with Gasteiger partial charge in [0.05, 0.1) is 12.5 Å². The van der Waals surface area contributed by atoms with Crippen LogP contribution in [0.25, 0.3) is 0 Å². The molecule has 0 rings (SSSR count). The average molecular weight is 186 g/mol. The first-order chi connectivity index (χ1) is 5.57. The molecule has 1 N–H and O–H groups in total. The maximum Gasteiger partial charge on any atom is 0.306 e. The fourth-order valence-corrected chi connectivity index (χ4v) is 0.691. The van der Waals surface area contributed by atoms with Crippen LogP contribution in [0.1, 0.15) is 35.2 Å². The summed E-state index contributed by atoms with van der Waals surface area (Å²) in [5.41, 5.74) is 0. The molecule has 0 spiro atoms. The van der Waals surface area contributed by atoms with Gasteiger partial charge in [0.15, 0.2) is 0 Å². The van der Waals surface area contributed by atoms with E-state index < -0.39 is 11.9 Å². The summed E-state index contributed by atoms with van der Waals surface area (Å²) >= 11 is 0. The third-order valence-electron chi connectivity index (χ3n) is 1.51. The highest BCUT2D eigenvalue weighted by molar-refractivity contribution is 5.72. The van der Waals surface area contributed by atoms with Crippen LogP contribution >= 0.6 is 0 Å². The highest BCUT2D eigenvalue weighted by Gasteiger charge is 2.12. The fraction of sp³-hybridized carbons (Fsp3) is 0.750. The molecule has 0 aliphatic carbocycles. The number of hydrogen-bond donors (Lipinski definition) is 1. The maximum atomic E-state index is 10.8. The van der Waals surface area contributed by atoms with E-state index in [9.17, 15) is 9.59 Å². The lowest BCUT2D eigenvalue weighted by Crippen LogP contribution is -2.12. The Morgan fingerprint density at radius 3 is 2.58 bits per heavy atom. The van der Waals surface area contributed by atoms with Crippen LogP contribution in [0.4, 0.5) is 0 Å². The summed E-state index contributed by atoms with van der Waals surface area (Å²) in [6, 6.07) is 0. The van der Waals surface area contributed by atoms with Crippen molar-refractivity contribution in [3.05, 3.63) is 0 Å². The Bertz CT molecular complexity index is 181. The standard InChI is InChI=1S/C8H14O4.6H2/c1-3-12-7(9)5-4-6(2)8(10)11;;;;;;/h6H,3-5H2,1-2H3,(H,10,11);6*1H/t6-;;;;;;/m0....../s1. The number of carbonyl (C=O) groups is 2. The Labute approximate surface area is 80.4 Å². The van der Waals surface area contributed by atoms with E-state index in [1.165, 1.54) is 0 Å². The van der Waals surface area contributed by atoms with Crippen molar-refractivity contribution >= 4 is 11.9 Å². The van der Waals surface area contributed by atoms with Crippen molar-refractivity contribution in [1.29, 1.82) is 0 Å². The second-order valence-electron chi connectivity index (χ2n) is 2.58. The number of aliphatic carboxylic acids is 1. The summed E-state index contributed by atoms with van der Waals surface area (Å²) in [6.07, 6.45) is 0.523. The molecule has 12 heavy (non-hydrogen) atoms. The molecule has 0 radical (unpaired) electrons. The van der Waals surface area contributed by atoms with Crippen LogP contribution in [0.15, 0.2) is 0 Å². The number of hydrogen-bond acceptors (Lipinski definition) is 3. The monoisotopic (exact) mass is 186 g/mol. The maximum absolute atomic E-state index is 10.8. The van der Waals surface area contributed by atoms with Crippen molar-refractivity contribution in [3.63, 3.8) is 0 Å². The van der Waals surface area contributed by atoms with Crippen molar-refractivity contribution in [1.82, 2.24) is 0 Å². The first kappa shape index (κ1) is 10.9. The van der Waals surface area contributed by atoms with Gasteiger partial charge in [0.1, 0.15) is 0 Å². The SMILES string of the molecule is CCOC(=O)CC[C@H](C)C(=O)O.[HH].[HH].[HH].[HH].[HH].[HH]. The quantitative estimate of drug-likeness (QED) is 0.670. The molecule has 1 atom stereocenters. The van der Waals surface area contributed by atoms with E-state index in [0.29, 0.717) is 13.0 Å². The zero-order valence-electron chi connectivity index (χ0n) is 7.37. The van der Waals surface area contributed by atoms with E-state index >= 15 is 0 Å². The molecule has 0 saturated heterocycles. The van der Waals surface area contributed by atoms with Gasteiger partial charge in [-0.3, -0.25) is 9.59 Å². The minimum Gasteiger partial charge on any atom is -0.481 e. The Morgan fingerprint density at radius 1 is 1.58 bits per heavy atom. The molecule has 0 fully saturated rings. The van der Waals surface area contributed by atoms with Gasteiger partial charge in [-0.25, -0.2) is 0 Å². The summed E-state index contributed by atoms with van der Waals surface area (Å²) in [4.78, 5) is 21.1. The minimum atomic E-state index is -0.876. The smallest absolute Gasteiger partial charge is 0.306 e. The van der Waals surface area contributed by atoms with Crippen LogP contribution in [0, 0.1) is 5.92 Å². The fourth-order valence-electron chi connectivity index (χ4n) is 0.691. The molecule has 0 aromatic heterocycles. The van der Waals surface area contributed by atoms with Gasteiger partial charge in [-0.05, 0) is 13.3 Å². The summed E-state index contributed by atoms with van der Waals surface area (Å²) < 4.78 is 4.64. The number of carboxylic acids is 1. The van der Waals surface area contributed by atoms with E-state index in [1.54, 1.807) is 13.8 Å². The highest BCUT2D eigenvalue weighted by atomic mass is 16.5. The lowest BCUT2D eigenvalue weighted by molar-refractivity contribution is -0.144. The third-order valence-corrected chi connectivity index (χ3v) is 1.51. The van der Waals surface area contributed by atoms with Crippen LogP contribution in [0.3, 0.4) is 0 Å². The molecule has 82 valence electrons. The number of carbonyl (C=O) groups excluding carboxylic acids is 1. The predicted molar refractivity (Wildman–Crippen MR) is 55.4 cm³/mol. The topological polar surface area (TPSA) is 63.6 Å². The van der Waals surface area contributed by atoms with E-state index in [-0.39, 0.29) is 20.9 Å². The van der Waals surface area contributed by atoms with Gasteiger partial charge in [0.25, 0.3) is 0 Å². The van der Waals surface area contributed by atoms with Crippen LogP contribution in [-0.2, 0) is 14.3 Å². The molecule has 0 heterocycles. The zero-order chi connectivity index (χ0) is 9.56. The zero-order valence-corrected chi connectivity index (χ0v) is 7.37. The van der Waals surface area contributed by atoms with Gasteiger partial charge in [0.2, 0.25) is 0 Å². The third kappa shape index (κ3) is 4.71. The first-order valence-electron chi connectivity index (χ1n) is 3.96. The van der Waals surface area contributed by atoms with E-state index in [4.69, 9.17) is 5.11 Å². The molecule has 0 unspecified atom stereocenters. The Hall–Kier alpha value is -1.06. The van der Waals surface area contributed by atoms with E-state index in [0.717, 1.165) is 0 Å². The average Bonchev–Trinajstić information content (AvgIpc) is 2.00. The molecule has 0 saturated carbocycles. The lowest BCUT2D eigenvalue weighted by Gasteiger charge is -2.04. The number of carboxylic acid groups (broad SMARTS) is 1. The van der Waals surface area contributed by atoms with Gasteiger partial charge < -0.3 is 9.84 Å². The van der Waals surface area contributed by atoms with Crippen molar-refractivity contribution in [3.8, 4) is 0 Å². The molecule has 0 bridgehead atoms. The molecule has 0 aliphatic rings. The number of ether oxygens (including phenoxy) is 1.